The standard InChI is InChI=1S/C21H18ClN3O5S/c1-13-3-4-14(2)19(11-13)24-31(29,30)17-8-6-16(7-9-17)23-21(26)15-5-10-18(22)20(12-15)25(27)28/h3-12,24H,1-2H3,(H,23,26). The van der Waals surface area contributed by atoms with Crippen LogP contribution in [0.2, 0.25) is 5.02 Å². The Morgan fingerprint density at radius 3 is 2.32 bits per heavy atom. The van der Waals surface area contributed by atoms with Crippen molar-refractivity contribution < 1.29 is 18.1 Å². The Balaban J connectivity index is 1.77. The maximum Gasteiger partial charge on any atom is 0.288 e. The number of carbonyl (C=O) groups excluding carboxylic acids is 1. The first-order valence-corrected chi connectivity index (χ1v) is 10.9. The van der Waals surface area contributed by atoms with Gasteiger partial charge in [0, 0.05) is 17.3 Å². The first-order chi connectivity index (χ1) is 14.6. The third-order valence-electron chi connectivity index (χ3n) is 4.46. The Labute approximate surface area is 184 Å². The van der Waals surface area contributed by atoms with Gasteiger partial charge >= 0.3 is 0 Å². The molecule has 0 aliphatic rings. The summed E-state index contributed by atoms with van der Waals surface area (Å²) < 4.78 is 27.9. The number of anilines is 2. The van der Waals surface area contributed by atoms with Crippen molar-refractivity contribution in [1.82, 2.24) is 0 Å². The molecule has 0 saturated carbocycles. The summed E-state index contributed by atoms with van der Waals surface area (Å²) in [7, 11) is -3.82. The van der Waals surface area contributed by atoms with Gasteiger partial charge in [-0.05, 0) is 67.4 Å². The molecule has 0 aromatic heterocycles. The lowest BCUT2D eigenvalue weighted by Crippen LogP contribution is -2.15. The first kappa shape index (κ1) is 22.3. The van der Waals surface area contributed by atoms with Gasteiger partial charge in [-0.1, -0.05) is 23.7 Å². The van der Waals surface area contributed by atoms with Crippen LogP contribution >= 0.6 is 11.6 Å². The number of rotatable bonds is 6. The molecule has 3 aromatic carbocycles. The minimum Gasteiger partial charge on any atom is -0.322 e. The summed E-state index contributed by atoms with van der Waals surface area (Å²) in [5.74, 6) is -0.594. The van der Waals surface area contributed by atoms with E-state index in [9.17, 15) is 23.3 Å². The fourth-order valence-electron chi connectivity index (χ4n) is 2.76. The second-order valence-corrected chi connectivity index (χ2v) is 8.92. The summed E-state index contributed by atoms with van der Waals surface area (Å²) in [6.45, 7) is 3.67. The van der Waals surface area contributed by atoms with Gasteiger partial charge < -0.3 is 5.32 Å². The molecule has 0 spiro atoms. The van der Waals surface area contributed by atoms with Gasteiger partial charge in [0.2, 0.25) is 0 Å². The molecule has 1 amide bonds. The summed E-state index contributed by atoms with van der Waals surface area (Å²) in [4.78, 5) is 22.7. The van der Waals surface area contributed by atoms with E-state index in [0.717, 1.165) is 17.2 Å². The maximum atomic E-state index is 12.7. The molecular formula is C21H18ClN3O5S. The maximum absolute atomic E-state index is 12.7. The number of hydrogen-bond acceptors (Lipinski definition) is 5. The molecule has 0 radical (unpaired) electrons. The normalized spacial score (nSPS) is 11.1. The van der Waals surface area contributed by atoms with Crippen molar-refractivity contribution in [3.8, 4) is 0 Å². The Bertz CT molecular complexity index is 1270. The number of amides is 1. The summed E-state index contributed by atoms with van der Waals surface area (Å²) >= 11 is 5.76. The molecule has 3 aromatic rings. The van der Waals surface area contributed by atoms with Gasteiger partial charge in [-0.2, -0.15) is 0 Å². The van der Waals surface area contributed by atoms with E-state index < -0.39 is 20.9 Å². The molecule has 31 heavy (non-hydrogen) atoms. The lowest BCUT2D eigenvalue weighted by molar-refractivity contribution is -0.384. The van der Waals surface area contributed by atoms with Gasteiger partial charge in [0.15, 0.2) is 0 Å². The van der Waals surface area contributed by atoms with Crippen molar-refractivity contribution in [3.63, 3.8) is 0 Å². The number of carbonyl (C=O) groups is 1. The fourth-order valence-corrected chi connectivity index (χ4v) is 4.07. The lowest BCUT2D eigenvalue weighted by Gasteiger charge is -2.12. The minimum atomic E-state index is -3.82. The predicted molar refractivity (Wildman–Crippen MR) is 119 cm³/mol. The van der Waals surface area contributed by atoms with Crippen LogP contribution in [-0.2, 0) is 10.0 Å². The number of nitro groups is 1. The summed E-state index contributed by atoms with van der Waals surface area (Å²) in [5.41, 5.74) is 2.19. The Hall–Kier alpha value is -3.43. The number of hydrogen-bond donors (Lipinski definition) is 2. The smallest absolute Gasteiger partial charge is 0.288 e. The number of benzene rings is 3. The van der Waals surface area contributed by atoms with Crippen molar-refractivity contribution in [2.75, 3.05) is 10.0 Å². The van der Waals surface area contributed by atoms with Crippen molar-refractivity contribution in [2.45, 2.75) is 18.7 Å². The highest BCUT2D eigenvalue weighted by atomic mass is 35.5. The summed E-state index contributed by atoms with van der Waals surface area (Å²) in [5, 5.41) is 13.5. The molecule has 0 saturated heterocycles. The number of nitrogens with zero attached hydrogens (tertiary/aromatic N) is 1. The van der Waals surface area contributed by atoms with E-state index in [1.807, 2.05) is 19.1 Å². The number of nitrogens with one attached hydrogen (secondary N) is 2. The van der Waals surface area contributed by atoms with E-state index >= 15 is 0 Å². The number of sulfonamides is 1. The van der Waals surface area contributed by atoms with Crippen LogP contribution in [0.5, 0.6) is 0 Å². The van der Waals surface area contributed by atoms with E-state index in [4.69, 9.17) is 11.6 Å². The monoisotopic (exact) mass is 459 g/mol. The lowest BCUT2D eigenvalue weighted by atomic mass is 10.1. The number of nitro benzene ring substituents is 1. The largest absolute Gasteiger partial charge is 0.322 e. The van der Waals surface area contributed by atoms with E-state index in [1.54, 1.807) is 13.0 Å². The SMILES string of the molecule is Cc1ccc(C)c(NS(=O)(=O)c2ccc(NC(=O)c3ccc(Cl)c([N+](=O)[O-])c3)cc2)c1. The van der Waals surface area contributed by atoms with E-state index in [0.29, 0.717) is 11.4 Å². The van der Waals surface area contributed by atoms with Crippen LogP contribution in [0.1, 0.15) is 21.5 Å². The molecular weight excluding hydrogens is 442 g/mol. The summed E-state index contributed by atoms with van der Waals surface area (Å²) in [6.07, 6.45) is 0. The average Bonchev–Trinajstić information content (AvgIpc) is 2.71. The topological polar surface area (TPSA) is 118 Å². The van der Waals surface area contributed by atoms with Crippen LogP contribution in [0.4, 0.5) is 17.1 Å². The zero-order valence-electron chi connectivity index (χ0n) is 16.5. The molecule has 0 unspecified atom stereocenters. The highest BCUT2D eigenvalue weighted by Gasteiger charge is 2.18. The average molecular weight is 460 g/mol. The van der Waals surface area contributed by atoms with Crippen LogP contribution in [-0.4, -0.2) is 19.2 Å². The Morgan fingerprint density at radius 2 is 1.68 bits per heavy atom. The van der Waals surface area contributed by atoms with Gasteiger partial charge in [0.1, 0.15) is 5.02 Å². The molecule has 0 fully saturated rings. The molecule has 2 N–H and O–H groups in total. The van der Waals surface area contributed by atoms with E-state index in [1.165, 1.54) is 36.4 Å². The predicted octanol–water partition coefficient (Wildman–Crippen LogP) is 4.92. The fraction of sp³-hybridized carbons (Fsp3) is 0.0952. The molecule has 10 heteroatoms. The van der Waals surface area contributed by atoms with Gasteiger partial charge in [-0.25, -0.2) is 8.42 Å². The number of aryl methyl sites for hydroxylation is 2. The third-order valence-corrected chi connectivity index (χ3v) is 6.17. The molecule has 160 valence electrons. The van der Waals surface area contributed by atoms with E-state index in [2.05, 4.69) is 10.0 Å². The van der Waals surface area contributed by atoms with Gasteiger partial charge in [-0.15, -0.1) is 0 Å². The van der Waals surface area contributed by atoms with Crippen LogP contribution in [0.3, 0.4) is 0 Å². The summed E-state index contributed by atoms with van der Waals surface area (Å²) in [6, 6.07) is 14.7. The van der Waals surface area contributed by atoms with Crippen LogP contribution in [0, 0.1) is 24.0 Å². The number of halogens is 1. The highest BCUT2D eigenvalue weighted by Crippen LogP contribution is 2.26. The molecule has 0 aliphatic heterocycles. The molecule has 3 rings (SSSR count). The van der Waals surface area contributed by atoms with Crippen molar-refractivity contribution >= 4 is 44.6 Å². The van der Waals surface area contributed by atoms with Crippen molar-refractivity contribution in [1.29, 1.82) is 0 Å². The Morgan fingerprint density at radius 1 is 1.00 bits per heavy atom. The van der Waals surface area contributed by atoms with E-state index in [-0.39, 0.29) is 21.2 Å². The molecule has 0 bridgehead atoms. The van der Waals surface area contributed by atoms with Crippen molar-refractivity contribution in [2.24, 2.45) is 0 Å². The Kier molecular flexibility index (Phi) is 6.28. The highest BCUT2D eigenvalue weighted by molar-refractivity contribution is 7.92. The minimum absolute atomic E-state index is 0.0218. The quantitative estimate of drug-likeness (QED) is 0.400. The zero-order chi connectivity index (χ0) is 22.8. The van der Waals surface area contributed by atoms with Gasteiger partial charge in [0.25, 0.3) is 21.6 Å². The second kappa shape index (κ2) is 8.75. The van der Waals surface area contributed by atoms with Crippen molar-refractivity contribution in [3.05, 3.63) is 92.5 Å². The second-order valence-electron chi connectivity index (χ2n) is 6.83. The molecule has 0 heterocycles. The zero-order valence-corrected chi connectivity index (χ0v) is 18.1. The van der Waals surface area contributed by atoms with Crippen LogP contribution < -0.4 is 10.0 Å². The van der Waals surface area contributed by atoms with Gasteiger partial charge in [0.05, 0.1) is 15.5 Å². The first-order valence-electron chi connectivity index (χ1n) is 9.02. The molecule has 8 nitrogen and oxygen atoms in total. The van der Waals surface area contributed by atoms with Gasteiger partial charge in [-0.3, -0.25) is 19.6 Å². The molecule has 0 aliphatic carbocycles. The third kappa shape index (κ3) is 5.19. The molecule has 0 atom stereocenters. The van der Waals surface area contributed by atoms with Crippen LogP contribution in [0.25, 0.3) is 0 Å². The van der Waals surface area contributed by atoms with Crippen LogP contribution in [0.15, 0.2) is 65.6 Å².